The molecule has 10 heteroatoms. The Morgan fingerprint density at radius 3 is 2.43 bits per heavy atom. The number of amides is 2. The lowest BCUT2D eigenvalue weighted by Gasteiger charge is -2.18. The Labute approximate surface area is 176 Å². The van der Waals surface area contributed by atoms with E-state index in [0.717, 1.165) is 17.0 Å². The third-order valence-corrected chi connectivity index (χ3v) is 4.32. The largest absolute Gasteiger partial charge is 0.493 e. The topological polar surface area (TPSA) is 67.9 Å². The van der Waals surface area contributed by atoms with Gasteiger partial charge in [-0.25, -0.2) is 0 Å². The molecule has 0 fully saturated rings. The number of anilines is 1. The molecule has 0 atom stereocenters. The summed E-state index contributed by atoms with van der Waals surface area (Å²) >= 11 is 5.56. The van der Waals surface area contributed by atoms with Gasteiger partial charge in [-0.15, -0.1) is 0 Å². The fourth-order valence-corrected chi connectivity index (χ4v) is 2.83. The van der Waals surface area contributed by atoms with Gasteiger partial charge in [0.05, 0.1) is 30.8 Å². The maximum absolute atomic E-state index is 12.9. The van der Waals surface area contributed by atoms with Gasteiger partial charge in [-0.2, -0.15) is 13.2 Å². The second-order valence-corrected chi connectivity index (χ2v) is 6.61. The van der Waals surface area contributed by atoms with E-state index in [2.05, 4.69) is 5.32 Å². The van der Waals surface area contributed by atoms with Gasteiger partial charge in [0.1, 0.15) is 0 Å². The van der Waals surface area contributed by atoms with Crippen molar-refractivity contribution >= 4 is 29.1 Å². The van der Waals surface area contributed by atoms with Crippen molar-refractivity contribution in [3.8, 4) is 11.5 Å². The highest BCUT2D eigenvalue weighted by molar-refractivity contribution is 6.31. The predicted octanol–water partition coefficient (Wildman–Crippen LogP) is 4.48. The minimum absolute atomic E-state index is 0.0827. The number of alkyl halides is 3. The van der Waals surface area contributed by atoms with Crippen molar-refractivity contribution in [2.75, 3.05) is 32.6 Å². The molecule has 0 unspecified atom stereocenters. The van der Waals surface area contributed by atoms with Gasteiger partial charge in [-0.1, -0.05) is 11.6 Å². The van der Waals surface area contributed by atoms with Crippen LogP contribution in [0.5, 0.6) is 11.5 Å². The molecule has 0 aliphatic carbocycles. The molecule has 0 radical (unpaired) electrons. The molecule has 2 aromatic carbocycles. The molecule has 162 valence electrons. The molecule has 0 spiro atoms. The average molecular weight is 445 g/mol. The zero-order valence-electron chi connectivity index (χ0n) is 16.5. The Morgan fingerprint density at radius 2 is 1.83 bits per heavy atom. The number of nitrogens with one attached hydrogen (secondary N) is 1. The summed E-state index contributed by atoms with van der Waals surface area (Å²) in [6.07, 6.45) is -4.66. The van der Waals surface area contributed by atoms with Gasteiger partial charge in [-0.3, -0.25) is 9.59 Å². The highest BCUT2D eigenvalue weighted by Crippen LogP contribution is 2.36. The van der Waals surface area contributed by atoms with Crippen LogP contribution in [0.2, 0.25) is 5.02 Å². The standard InChI is InChI=1S/C20H20ClF3N2O4/c1-4-30-17-9-12(5-8-16(17)29-3)19(28)26(2)11-18(27)25-13-6-7-15(21)14(10-13)20(22,23)24/h5-10H,4,11H2,1-3H3,(H,25,27). The Hall–Kier alpha value is -2.94. The van der Waals surface area contributed by atoms with Crippen molar-refractivity contribution in [2.45, 2.75) is 13.1 Å². The molecule has 1 N–H and O–H groups in total. The molecule has 0 aliphatic heterocycles. The third kappa shape index (κ3) is 5.79. The van der Waals surface area contributed by atoms with E-state index in [-0.39, 0.29) is 17.8 Å². The van der Waals surface area contributed by atoms with Gasteiger partial charge in [0.2, 0.25) is 5.91 Å². The molecular weight excluding hydrogens is 425 g/mol. The minimum Gasteiger partial charge on any atom is -0.493 e. The molecule has 6 nitrogen and oxygen atoms in total. The van der Waals surface area contributed by atoms with Gasteiger partial charge in [-0.05, 0) is 43.3 Å². The van der Waals surface area contributed by atoms with Crippen molar-refractivity contribution in [1.82, 2.24) is 4.90 Å². The van der Waals surface area contributed by atoms with Crippen molar-refractivity contribution in [2.24, 2.45) is 0 Å². The molecule has 2 amide bonds. The number of hydrogen-bond acceptors (Lipinski definition) is 4. The second kappa shape index (κ2) is 9.71. The van der Waals surface area contributed by atoms with Crippen LogP contribution in [-0.2, 0) is 11.0 Å². The number of hydrogen-bond donors (Lipinski definition) is 1. The normalized spacial score (nSPS) is 11.0. The number of rotatable bonds is 7. The van der Waals surface area contributed by atoms with E-state index in [4.69, 9.17) is 21.1 Å². The Bertz CT molecular complexity index is 935. The molecule has 0 bridgehead atoms. The van der Waals surface area contributed by atoms with Crippen molar-refractivity contribution in [3.63, 3.8) is 0 Å². The number of likely N-dealkylation sites (N-methyl/N-ethyl adjacent to an activating group) is 1. The van der Waals surface area contributed by atoms with Crippen LogP contribution in [0.25, 0.3) is 0 Å². The van der Waals surface area contributed by atoms with Crippen molar-refractivity contribution < 1.29 is 32.2 Å². The van der Waals surface area contributed by atoms with E-state index < -0.39 is 28.6 Å². The summed E-state index contributed by atoms with van der Waals surface area (Å²) in [5.74, 6) is -0.303. The molecule has 30 heavy (non-hydrogen) atoms. The molecule has 2 aromatic rings. The first-order chi connectivity index (χ1) is 14.1. The Kier molecular flexibility index (Phi) is 7.55. The van der Waals surface area contributed by atoms with Crippen LogP contribution >= 0.6 is 11.6 Å². The van der Waals surface area contributed by atoms with Crippen LogP contribution in [0, 0.1) is 0 Å². The van der Waals surface area contributed by atoms with E-state index in [1.807, 2.05) is 0 Å². The van der Waals surface area contributed by atoms with Gasteiger partial charge in [0.25, 0.3) is 5.91 Å². The number of benzene rings is 2. The summed E-state index contributed by atoms with van der Waals surface area (Å²) < 4.78 is 49.4. The third-order valence-electron chi connectivity index (χ3n) is 3.99. The number of halogens is 4. The van der Waals surface area contributed by atoms with Crippen LogP contribution in [0.1, 0.15) is 22.8 Å². The van der Waals surface area contributed by atoms with E-state index in [1.54, 1.807) is 13.0 Å². The van der Waals surface area contributed by atoms with Gasteiger partial charge in [0.15, 0.2) is 11.5 Å². The van der Waals surface area contributed by atoms with Crippen LogP contribution < -0.4 is 14.8 Å². The van der Waals surface area contributed by atoms with E-state index >= 15 is 0 Å². The molecule has 2 rings (SSSR count). The number of carbonyl (C=O) groups excluding carboxylic acids is 2. The lowest BCUT2D eigenvalue weighted by Crippen LogP contribution is -2.35. The lowest BCUT2D eigenvalue weighted by molar-refractivity contribution is -0.137. The summed E-state index contributed by atoms with van der Waals surface area (Å²) in [6, 6.07) is 7.61. The number of methoxy groups -OCH3 is 1. The van der Waals surface area contributed by atoms with Gasteiger partial charge in [0, 0.05) is 18.3 Å². The SMILES string of the molecule is CCOc1cc(C(=O)N(C)CC(=O)Nc2ccc(Cl)c(C(F)(F)F)c2)ccc1OC. The number of nitrogens with zero attached hydrogens (tertiary/aromatic N) is 1. The molecule has 0 saturated carbocycles. The maximum atomic E-state index is 12.9. The molecule has 0 saturated heterocycles. The van der Waals surface area contributed by atoms with Crippen molar-refractivity contribution in [3.05, 3.63) is 52.5 Å². The Balaban J connectivity index is 2.09. The molecule has 0 aromatic heterocycles. The monoisotopic (exact) mass is 444 g/mol. The summed E-state index contributed by atoms with van der Waals surface area (Å²) in [5.41, 5.74) is -0.880. The number of ether oxygens (including phenoxy) is 2. The smallest absolute Gasteiger partial charge is 0.417 e. The summed E-state index contributed by atoms with van der Waals surface area (Å²) in [7, 11) is 2.87. The van der Waals surface area contributed by atoms with Gasteiger partial charge < -0.3 is 19.7 Å². The molecule has 0 heterocycles. The summed E-state index contributed by atoms with van der Waals surface area (Å²) in [4.78, 5) is 25.9. The zero-order valence-corrected chi connectivity index (χ0v) is 17.2. The van der Waals surface area contributed by atoms with Crippen LogP contribution in [-0.4, -0.2) is 44.0 Å². The lowest BCUT2D eigenvalue weighted by atomic mass is 10.1. The highest BCUT2D eigenvalue weighted by atomic mass is 35.5. The minimum atomic E-state index is -4.66. The zero-order chi connectivity index (χ0) is 22.5. The van der Waals surface area contributed by atoms with Gasteiger partial charge >= 0.3 is 6.18 Å². The molecular formula is C20H20ClF3N2O4. The summed E-state index contributed by atoms with van der Waals surface area (Å²) in [5, 5.41) is 1.86. The first-order valence-corrected chi connectivity index (χ1v) is 9.17. The highest BCUT2D eigenvalue weighted by Gasteiger charge is 2.33. The number of carbonyl (C=O) groups is 2. The fraction of sp³-hybridized carbons (Fsp3) is 0.300. The predicted molar refractivity (Wildman–Crippen MR) is 106 cm³/mol. The van der Waals surface area contributed by atoms with Crippen LogP contribution in [0.3, 0.4) is 0 Å². The van der Waals surface area contributed by atoms with Crippen LogP contribution in [0.4, 0.5) is 18.9 Å². The maximum Gasteiger partial charge on any atom is 0.417 e. The van der Waals surface area contributed by atoms with Crippen LogP contribution in [0.15, 0.2) is 36.4 Å². The van der Waals surface area contributed by atoms with E-state index in [9.17, 15) is 22.8 Å². The second-order valence-electron chi connectivity index (χ2n) is 6.20. The quantitative estimate of drug-likeness (QED) is 0.684. The van der Waals surface area contributed by atoms with E-state index in [1.165, 1.54) is 32.4 Å². The first-order valence-electron chi connectivity index (χ1n) is 8.79. The Morgan fingerprint density at radius 1 is 1.13 bits per heavy atom. The first kappa shape index (κ1) is 23.3. The van der Waals surface area contributed by atoms with Crippen molar-refractivity contribution in [1.29, 1.82) is 0 Å². The summed E-state index contributed by atoms with van der Waals surface area (Å²) in [6.45, 7) is 1.78. The van der Waals surface area contributed by atoms with E-state index in [0.29, 0.717) is 18.1 Å². The fourth-order valence-electron chi connectivity index (χ4n) is 2.61. The molecule has 0 aliphatic rings. The average Bonchev–Trinajstić information content (AvgIpc) is 2.68.